The minimum Gasteiger partial charge on any atom is -0.490 e. The third kappa shape index (κ3) is 4.87. The van der Waals surface area contributed by atoms with E-state index in [4.69, 9.17) is 20.5 Å². The van der Waals surface area contributed by atoms with Crippen molar-refractivity contribution in [1.29, 1.82) is 5.26 Å². The van der Waals surface area contributed by atoms with Crippen LogP contribution in [0.3, 0.4) is 0 Å². The first-order valence-corrected chi connectivity index (χ1v) is 8.80. The van der Waals surface area contributed by atoms with E-state index in [0.717, 1.165) is 11.1 Å². The molecule has 1 amide bonds. The van der Waals surface area contributed by atoms with Gasteiger partial charge in [0.2, 0.25) is 0 Å². The predicted octanol–water partition coefficient (Wildman–Crippen LogP) is 4.13. The molecule has 134 valence electrons. The number of halogens is 1. The molecule has 0 unspecified atom stereocenters. The van der Waals surface area contributed by atoms with Gasteiger partial charge in [0.1, 0.15) is 18.2 Å². The van der Waals surface area contributed by atoms with Crippen LogP contribution < -0.4 is 15.2 Å². The van der Waals surface area contributed by atoms with Gasteiger partial charge in [-0.1, -0.05) is 24.3 Å². The summed E-state index contributed by atoms with van der Waals surface area (Å²) < 4.78 is 12.3. The van der Waals surface area contributed by atoms with Gasteiger partial charge in [0.25, 0.3) is 5.91 Å². The van der Waals surface area contributed by atoms with Crippen LogP contribution in [0.15, 0.2) is 46.4 Å². The molecule has 0 atom stereocenters. The molecule has 0 spiro atoms. The Hall–Kier alpha value is -2.78. The van der Waals surface area contributed by atoms with Crippen LogP contribution >= 0.6 is 15.9 Å². The van der Waals surface area contributed by atoms with Gasteiger partial charge in [-0.25, -0.2) is 0 Å². The van der Waals surface area contributed by atoms with Gasteiger partial charge in [-0.3, -0.25) is 4.79 Å². The lowest BCUT2D eigenvalue weighted by atomic mass is 10.1. The maximum Gasteiger partial charge on any atom is 0.259 e. The number of aryl methyl sites for hydroxylation is 1. The first kappa shape index (κ1) is 19.5. The number of carbonyl (C=O) groups excluding carboxylic acids is 1. The Morgan fingerprint density at radius 1 is 1.31 bits per heavy atom. The molecular weight excluding hydrogens is 396 g/mol. The predicted molar refractivity (Wildman–Crippen MR) is 104 cm³/mol. The van der Waals surface area contributed by atoms with Gasteiger partial charge in [0, 0.05) is 0 Å². The Morgan fingerprint density at radius 2 is 2.04 bits per heavy atom. The zero-order valence-corrected chi connectivity index (χ0v) is 16.2. The Kier molecular flexibility index (Phi) is 6.81. The number of ether oxygens (including phenoxy) is 2. The molecular formula is C20H19BrN2O3. The van der Waals surface area contributed by atoms with E-state index >= 15 is 0 Å². The molecule has 2 N–H and O–H groups in total. The van der Waals surface area contributed by atoms with E-state index in [9.17, 15) is 4.79 Å². The first-order chi connectivity index (χ1) is 12.5. The standard InChI is InChI=1S/C20H19BrN2O3/c1-3-25-18-10-14(8-16(11-22)20(23)24)9-17(21)19(18)26-12-15-7-5-4-6-13(15)2/h4-10H,3,12H2,1-2H3,(H2,23,24). The summed E-state index contributed by atoms with van der Waals surface area (Å²) in [7, 11) is 0. The van der Waals surface area contributed by atoms with Crippen molar-refractivity contribution in [3.8, 4) is 17.6 Å². The average molecular weight is 415 g/mol. The topological polar surface area (TPSA) is 85.3 Å². The van der Waals surface area contributed by atoms with E-state index in [1.54, 1.807) is 18.2 Å². The summed E-state index contributed by atoms with van der Waals surface area (Å²) in [5.74, 6) is 0.301. The summed E-state index contributed by atoms with van der Waals surface area (Å²) in [5, 5.41) is 9.00. The summed E-state index contributed by atoms with van der Waals surface area (Å²) >= 11 is 3.48. The fourth-order valence-corrected chi connectivity index (χ4v) is 2.90. The van der Waals surface area contributed by atoms with E-state index in [2.05, 4.69) is 15.9 Å². The molecule has 5 nitrogen and oxygen atoms in total. The van der Waals surface area contributed by atoms with Gasteiger partial charge >= 0.3 is 0 Å². The van der Waals surface area contributed by atoms with Crippen LogP contribution in [-0.4, -0.2) is 12.5 Å². The molecule has 6 heteroatoms. The quantitative estimate of drug-likeness (QED) is 0.545. The molecule has 26 heavy (non-hydrogen) atoms. The molecule has 0 aromatic heterocycles. The monoisotopic (exact) mass is 414 g/mol. The zero-order chi connectivity index (χ0) is 19.1. The zero-order valence-electron chi connectivity index (χ0n) is 14.6. The van der Waals surface area contributed by atoms with Gasteiger partial charge in [0.15, 0.2) is 11.5 Å². The summed E-state index contributed by atoms with van der Waals surface area (Å²) in [5.41, 5.74) is 7.88. The Labute approximate surface area is 161 Å². The highest BCUT2D eigenvalue weighted by Gasteiger charge is 2.14. The Bertz CT molecular complexity index is 885. The van der Waals surface area contributed by atoms with Crippen LogP contribution in [0.1, 0.15) is 23.6 Å². The highest BCUT2D eigenvalue weighted by Crippen LogP contribution is 2.38. The number of nitriles is 1. The summed E-state index contributed by atoms with van der Waals surface area (Å²) in [6.45, 7) is 4.73. The molecule has 0 aliphatic rings. The maximum absolute atomic E-state index is 11.3. The number of hydrogen-bond acceptors (Lipinski definition) is 4. The summed E-state index contributed by atoms with van der Waals surface area (Å²) in [4.78, 5) is 11.3. The van der Waals surface area contributed by atoms with Crippen LogP contribution in [-0.2, 0) is 11.4 Å². The number of nitrogens with two attached hydrogens (primary N) is 1. The lowest BCUT2D eigenvalue weighted by Crippen LogP contribution is -2.12. The minimum atomic E-state index is -0.776. The van der Waals surface area contributed by atoms with Crippen molar-refractivity contribution in [3.05, 3.63) is 63.1 Å². The highest BCUT2D eigenvalue weighted by atomic mass is 79.9. The van der Waals surface area contributed by atoms with E-state index in [0.29, 0.717) is 34.7 Å². The van der Waals surface area contributed by atoms with Crippen LogP contribution in [0.25, 0.3) is 6.08 Å². The molecule has 0 heterocycles. The van der Waals surface area contributed by atoms with Crippen molar-refractivity contribution in [2.24, 2.45) is 5.73 Å². The van der Waals surface area contributed by atoms with Crippen LogP contribution in [0.2, 0.25) is 0 Å². The molecule has 0 aliphatic carbocycles. The van der Waals surface area contributed by atoms with Gasteiger partial charge in [0.05, 0.1) is 11.1 Å². The number of nitrogens with zero attached hydrogens (tertiary/aromatic N) is 1. The third-order valence-electron chi connectivity index (χ3n) is 3.66. The smallest absolute Gasteiger partial charge is 0.259 e. The average Bonchev–Trinajstić information content (AvgIpc) is 2.60. The van der Waals surface area contributed by atoms with Crippen molar-refractivity contribution in [2.45, 2.75) is 20.5 Å². The van der Waals surface area contributed by atoms with Crippen LogP contribution in [0.5, 0.6) is 11.5 Å². The number of benzene rings is 2. The van der Waals surface area contributed by atoms with Crippen LogP contribution in [0, 0.1) is 18.3 Å². The molecule has 0 aliphatic heterocycles. The number of primary amides is 1. The molecule has 0 fully saturated rings. The molecule has 0 saturated carbocycles. The SMILES string of the molecule is CCOc1cc(C=C(C#N)C(N)=O)cc(Br)c1OCc1ccccc1C. The van der Waals surface area contributed by atoms with E-state index in [1.165, 1.54) is 6.08 Å². The number of carbonyl (C=O) groups is 1. The number of hydrogen-bond donors (Lipinski definition) is 1. The van der Waals surface area contributed by atoms with Crippen molar-refractivity contribution < 1.29 is 14.3 Å². The molecule has 0 bridgehead atoms. The normalized spacial score (nSPS) is 10.9. The van der Waals surface area contributed by atoms with Crippen molar-refractivity contribution in [1.82, 2.24) is 0 Å². The second kappa shape index (κ2) is 9.07. The molecule has 0 radical (unpaired) electrons. The summed E-state index contributed by atoms with van der Waals surface area (Å²) in [6, 6.07) is 13.2. The molecule has 2 aromatic rings. The molecule has 2 aromatic carbocycles. The molecule has 2 rings (SSSR count). The van der Waals surface area contributed by atoms with E-state index in [1.807, 2.05) is 38.1 Å². The maximum atomic E-state index is 11.3. The van der Waals surface area contributed by atoms with Crippen LogP contribution in [0.4, 0.5) is 0 Å². The first-order valence-electron chi connectivity index (χ1n) is 8.01. The lowest BCUT2D eigenvalue weighted by Gasteiger charge is -2.15. The van der Waals surface area contributed by atoms with Gasteiger partial charge < -0.3 is 15.2 Å². The molecule has 0 saturated heterocycles. The second-order valence-electron chi connectivity index (χ2n) is 5.51. The number of amides is 1. The Morgan fingerprint density at radius 3 is 2.65 bits per heavy atom. The largest absolute Gasteiger partial charge is 0.490 e. The fourth-order valence-electron chi connectivity index (χ4n) is 2.32. The summed E-state index contributed by atoms with van der Waals surface area (Å²) in [6.07, 6.45) is 1.42. The van der Waals surface area contributed by atoms with Crippen molar-refractivity contribution >= 4 is 27.9 Å². The third-order valence-corrected chi connectivity index (χ3v) is 4.25. The Balaban J connectivity index is 2.36. The van der Waals surface area contributed by atoms with E-state index < -0.39 is 5.91 Å². The lowest BCUT2D eigenvalue weighted by molar-refractivity contribution is -0.114. The van der Waals surface area contributed by atoms with Crippen molar-refractivity contribution in [3.63, 3.8) is 0 Å². The van der Waals surface area contributed by atoms with Gasteiger partial charge in [-0.2, -0.15) is 5.26 Å². The van der Waals surface area contributed by atoms with Gasteiger partial charge in [-0.15, -0.1) is 0 Å². The van der Waals surface area contributed by atoms with Crippen molar-refractivity contribution in [2.75, 3.05) is 6.61 Å². The fraction of sp³-hybridized carbons (Fsp3) is 0.200. The number of rotatable bonds is 7. The second-order valence-corrected chi connectivity index (χ2v) is 6.37. The van der Waals surface area contributed by atoms with E-state index in [-0.39, 0.29) is 5.57 Å². The highest BCUT2D eigenvalue weighted by molar-refractivity contribution is 9.10. The van der Waals surface area contributed by atoms with Gasteiger partial charge in [-0.05, 0) is 64.7 Å². The minimum absolute atomic E-state index is 0.132.